The zero-order valence-electron chi connectivity index (χ0n) is 17.2. The molecule has 31 heavy (non-hydrogen) atoms. The van der Waals surface area contributed by atoms with Crippen LogP contribution in [0.4, 0.5) is 0 Å². The largest absolute Gasteiger partial charge is 0.493 e. The summed E-state index contributed by atoms with van der Waals surface area (Å²) in [5, 5.41) is 7.11. The number of fused-ring (bicyclic) bond motifs is 4. The van der Waals surface area contributed by atoms with E-state index in [2.05, 4.69) is 17.1 Å². The summed E-state index contributed by atoms with van der Waals surface area (Å²) in [6.07, 6.45) is 0.419. The molecule has 0 N–H and O–H groups in total. The van der Waals surface area contributed by atoms with Gasteiger partial charge in [0.15, 0.2) is 11.5 Å². The van der Waals surface area contributed by atoms with Crippen LogP contribution in [-0.2, 0) is 0 Å². The predicted molar refractivity (Wildman–Crippen MR) is 116 cm³/mol. The van der Waals surface area contributed by atoms with Gasteiger partial charge in [-0.15, -0.1) is 0 Å². The molecule has 0 aliphatic carbocycles. The fourth-order valence-corrected chi connectivity index (χ4v) is 4.46. The second-order valence-electron chi connectivity index (χ2n) is 7.69. The van der Waals surface area contributed by atoms with Crippen LogP contribution in [0.3, 0.4) is 0 Å². The van der Waals surface area contributed by atoms with Gasteiger partial charge in [-0.05, 0) is 43.3 Å². The van der Waals surface area contributed by atoms with Crippen LogP contribution in [0.2, 0.25) is 0 Å². The van der Waals surface area contributed by atoms with Gasteiger partial charge in [-0.2, -0.15) is 5.10 Å². The lowest BCUT2D eigenvalue weighted by Crippen LogP contribution is -2.34. The lowest BCUT2D eigenvalue weighted by molar-refractivity contribution is -0.0205. The van der Waals surface area contributed by atoms with Crippen molar-refractivity contribution in [2.45, 2.75) is 25.6 Å². The Bertz CT molecular complexity index is 1180. The van der Waals surface area contributed by atoms with Gasteiger partial charge >= 0.3 is 0 Å². The van der Waals surface area contributed by atoms with E-state index in [4.69, 9.17) is 24.0 Å². The third-order valence-corrected chi connectivity index (χ3v) is 5.89. The van der Waals surface area contributed by atoms with Gasteiger partial charge in [-0.25, -0.2) is 5.01 Å². The Labute approximate surface area is 180 Å². The van der Waals surface area contributed by atoms with Crippen LogP contribution >= 0.6 is 0 Å². The van der Waals surface area contributed by atoms with Crippen molar-refractivity contribution in [3.05, 3.63) is 83.4 Å². The molecular weight excluding hydrogens is 392 g/mol. The maximum Gasteiger partial charge on any atom is 0.231 e. The summed E-state index contributed by atoms with van der Waals surface area (Å²) in [4.78, 5) is 0. The summed E-state index contributed by atoms with van der Waals surface area (Å²) in [6, 6.07) is 22.3. The summed E-state index contributed by atoms with van der Waals surface area (Å²) >= 11 is 0. The van der Waals surface area contributed by atoms with Gasteiger partial charge in [-0.1, -0.05) is 30.3 Å². The number of hydrazone groups is 1. The van der Waals surface area contributed by atoms with Crippen LogP contribution in [0.25, 0.3) is 0 Å². The first-order valence-corrected chi connectivity index (χ1v) is 10.5. The van der Waals surface area contributed by atoms with Gasteiger partial charge in [0.1, 0.15) is 11.5 Å². The highest BCUT2D eigenvalue weighted by Crippen LogP contribution is 2.49. The minimum atomic E-state index is -0.367. The summed E-state index contributed by atoms with van der Waals surface area (Å²) in [7, 11) is 0. The molecular formula is C25H22N2O4. The topological polar surface area (TPSA) is 52.5 Å². The molecule has 6 nitrogen and oxygen atoms in total. The smallest absolute Gasteiger partial charge is 0.231 e. The summed E-state index contributed by atoms with van der Waals surface area (Å²) in [5.41, 5.74) is 4.15. The Morgan fingerprint density at radius 3 is 2.65 bits per heavy atom. The summed E-state index contributed by atoms with van der Waals surface area (Å²) in [5.74, 6) is 3.25. The van der Waals surface area contributed by atoms with Crippen molar-refractivity contribution in [2.24, 2.45) is 5.10 Å². The highest BCUT2D eigenvalue weighted by Gasteiger charge is 2.42. The fraction of sp³-hybridized carbons (Fsp3) is 0.240. The van der Waals surface area contributed by atoms with Gasteiger partial charge in [-0.3, -0.25) is 0 Å². The molecule has 156 valence electrons. The third-order valence-electron chi connectivity index (χ3n) is 5.89. The molecule has 3 aliphatic heterocycles. The van der Waals surface area contributed by atoms with Crippen LogP contribution in [-0.4, -0.2) is 24.1 Å². The molecule has 0 radical (unpaired) electrons. The zero-order valence-corrected chi connectivity index (χ0v) is 17.2. The molecule has 2 unspecified atom stereocenters. The molecule has 6 rings (SSSR count). The fourth-order valence-electron chi connectivity index (χ4n) is 4.46. The van der Waals surface area contributed by atoms with Crippen molar-refractivity contribution in [2.75, 3.05) is 13.4 Å². The number of rotatable bonds is 4. The van der Waals surface area contributed by atoms with Crippen LogP contribution in [0.1, 0.15) is 42.3 Å². The standard InChI is InChI=1S/C25H22N2O4/c1-2-28-21-9-5-4-8-18(21)25-27-20(17-7-3-6-10-22(17)31-25)14-19(26-27)16-11-12-23-24(13-16)30-15-29-23/h3-13,20,25H,2,14-15H2,1H3. The van der Waals surface area contributed by atoms with Crippen molar-refractivity contribution in [1.82, 2.24) is 5.01 Å². The zero-order chi connectivity index (χ0) is 20.8. The van der Waals surface area contributed by atoms with Crippen LogP contribution < -0.4 is 18.9 Å². The second-order valence-corrected chi connectivity index (χ2v) is 7.69. The molecule has 3 aromatic carbocycles. The second kappa shape index (κ2) is 7.23. The molecule has 3 heterocycles. The number of para-hydroxylation sites is 2. The van der Waals surface area contributed by atoms with E-state index in [-0.39, 0.29) is 19.1 Å². The minimum absolute atomic E-state index is 0.0880. The number of hydrogen-bond acceptors (Lipinski definition) is 6. The van der Waals surface area contributed by atoms with E-state index in [1.165, 1.54) is 0 Å². The molecule has 3 aliphatic rings. The van der Waals surface area contributed by atoms with Crippen molar-refractivity contribution >= 4 is 5.71 Å². The maximum absolute atomic E-state index is 6.47. The molecule has 6 heteroatoms. The highest BCUT2D eigenvalue weighted by atomic mass is 16.7. The Balaban J connectivity index is 1.44. The highest BCUT2D eigenvalue weighted by molar-refractivity contribution is 6.02. The average Bonchev–Trinajstić information content (AvgIpc) is 3.46. The van der Waals surface area contributed by atoms with E-state index in [1.54, 1.807) is 0 Å². The van der Waals surface area contributed by atoms with Crippen LogP contribution in [0.5, 0.6) is 23.0 Å². The molecule has 0 amide bonds. The minimum Gasteiger partial charge on any atom is -0.493 e. The van der Waals surface area contributed by atoms with Crippen molar-refractivity contribution in [1.29, 1.82) is 0 Å². The lowest BCUT2D eigenvalue weighted by Gasteiger charge is -2.38. The van der Waals surface area contributed by atoms with Crippen molar-refractivity contribution in [3.63, 3.8) is 0 Å². The molecule has 0 aromatic heterocycles. The van der Waals surface area contributed by atoms with E-state index < -0.39 is 0 Å². The molecule has 2 atom stereocenters. The van der Waals surface area contributed by atoms with E-state index >= 15 is 0 Å². The first-order valence-electron chi connectivity index (χ1n) is 10.5. The quantitative estimate of drug-likeness (QED) is 0.598. The molecule has 3 aromatic rings. The number of benzene rings is 3. The van der Waals surface area contributed by atoms with Crippen LogP contribution in [0, 0.1) is 0 Å². The Kier molecular flexibility index (Phi) is 4.23. The van der Waals surface area contributed by atoms with Crippen molar-refractivity contribution < 1.29 is 18.9 Å². The van der Waals surface area contributed by atoms with E-state index in [0.29, 0.717) is 6.61 Å². The van der Waals surface area contributed by atoms with Crippen molar-refractivity contribution in [3.8, 4) is 23.0 Å². The Hall–Kier alpha value is -3.67. The monoisotopic (exact) mass is 414 g/mol. The van der Waals surface area contributed by atoms with Gasteiger partial charge in [0.25, 0.3) is 0 Å². The van der Waals surface area contributed by atoms with E-state index in [1.807, 2.05) is 61.5 Å². The molecule has 0 spiro atoms. The Morgan fingerprint density at radius 2 is 1.74 bits per heavy atom. The number of nitrogens with zero attached hydrogens (tertiary/aromatic N) is 2. The number of hydrogen-bond donors (Lipinski definition) is 0. The number of ether oxygens (including phenoxy) is 4. The van der Waals surface area contributed by atoms with E-state index in [9.17, 15) is 0 Å². The normalized spacial score (nSPS) is 20.5. The molecule has 0 saturated carbocycles. The van der Waals surface area contributed by atoms with Crippen LogP contribution in [0.15, 0.2) is 71.8 Å². The van der Waals surface area contributed by atoms with E-state index in [0.717, 1.165) is 51.8 Å². The summed E-state index contributed by atoms with van der Waals surface area (Å²) in [6.45, 7) is 2.84. The first kappa shape index (κ1) is 18.1. The van der Waals surface area contributed by atoms with Gasteiger partial charge in [0.05, 0.1) is 23.9 Å². The maximum atomic E-state index is 6.47. The lowest BCUT2D eigenvalue weighted by atomic mass is 9.95. The van der Waals surface area contributed by atoms with Gasteiger partial charge in [0.2, 0.25) is 13.0 Å². The van der Waals surface area contributed by atoms with Gasteiger partial charge in [0, 0.05) is 17.5 Å². The first-order chi connectivity index (χ1) is 15.3. The molecule has 0 fully saturated rings. The summed E-state index contributed by atoms with van der Waals surface area (Å²) < 4.78 is 23.4. The third kappa shape index (κ3) is 2.98. The molecule has 0 saturated heterocycles. The average molecular weight is 414 g/mol. The SMILES string of the molecule is CCOc1ccccc1C1Oc2ccccc2C2CC(c3ccc4c(c3)OCO4)=NN21. The van der Waals surface area contributed by atoms with Gasteiger partial charge < -0.3 is 18.9 Å². The predicted octanol–water partition coefficient (Wildman–Crippen LogP) is 5.06. The molecule has 0 bridgehead atoms. The Morgan fingerprint density at radius 1 is 0.935 bits per heavy atom.